The van der Waals surface area contributed by atoms with E-state index in [0.29, 0.717) is 4.60 Å². The summed E-state index contributed by atoms with van der Waals surface area (Å²) in [5.74, 6) is 0. The van der Waals surface area contributed by atoms with E-state index in [9.17, 15) is 0 Å². The Morgan fingerprint density at radius 1 is 1.07 bits per heavy atom. The van der Waals surface area contributed by atoms with Gasteiger partial charge in [-0.1, -0.05) is 13.8 Å². The second-order valence-electron chi connectivity index (χ2n) is 1.96. The molecule has 1 aromatic heterocycles. The second-order valence-corrected chi connectivity index (χ2v) is 2.56. The summed E-state index contributed by atoms with van der Waals surface area (Å²) >= 11 is 2.28. The summed E-state index contributed by atoms with van der Waals surface area (Å²) in [5.41, 5.74) is 1.76. The standard InChI is InChI=1S/C7H4NO.C2H6.3ClH.V/c1-2-4-7-6(3-1)8-5-9-7;1-2;;;;/h1-4H;1-2H3;3*1H;/q;;;;;+3/p-3. The van der Waals surface area contributed by atoms with Crippen molar-refractivity contribution in [2.75, 3.05) is 0 Å². The summed E-state index contributed by atoms with van der Waals surface area (Å²) < 4.78 is 5.89. The van der Waals surface area contributed by atoms with Crippen molar-refractivity contribution in [1.82, 2.24) is 4.98 Å². The number of halogens is 3. The number of rotatable bonds is 0. The van der Waals surface area contributed by atoms with Crippen molar-refractivity contribution in [3.63, 3.8) is 0 Å². The van der Waals surface area contributed by atoms with Gasteiger partial charge >= 0.3 is 66.8 Å². The van der Waals surface area contributed by atoms with E-state index in [2.05, 4.69) is 22.4 Å². The van der Waals surface area contributed by atoms with Crippen LogP contribution in [-0.4, -0.2) is 4.98 Å². The molecule has 1 aromatic carbocycles. The van der Waals surface area contributed by atoms with Crippen LogP contribution < -0.4 is 41.8 Å². The number of fused-ring (bicyclic) bond motifs is 1. The van der Waals surface area contributed by atoms with Crippen molar-refractivity contribution in [3.8, 4) is 0 Å². The summed E-state index contributed by atoms with van der Waals surface area (Å²) in [6, 6.07) is 7.70. The van der Waals surface area contributed by atoms with Crippen LogP contribution in [0.3, 0.4) is 0 Å². The first-order chi connectivity index (χ1) is 5.86. The van der Waals surface area contributed by atoms with Gasteiger partial charge in [-0.3, -0.25) is 0 Å². The summed E-state index contributed by atoms with van der Waals surface area (Å²) in [4.78, 5) is 4.12. The monoisotopic (exact) mass is 304 g/mol. The second kappa shape index (κ2) is 10.7. The first kappa shape index (κ1) is 20.5. The Balaban J connectivity index is -0.000000273. The maximum atomic E-state index is 5.23. The molecule has 1 heterocycles. The third kappa shape index (κ3) is 5.69. The quantitative estimate of drug-likeness (QED) is 0.484. The zero-order valence-corrected chi connectivity index (χ0v) is 11.9. The zero-order chi connectivity index (χ0) is 8.97. The Kier molecular flexibility index (Phi) is 14.6. The molecule has 2 aromatic rings. The van der Waals surface area contributed by atoms with E-state index in [-0.39, 0.29) is 37.2 Å². The van der Waals surface area contributed by atoms with Crippen molar-refractivity contribution >= 4 is 15.7 Å². The number of aromatic nitrogens is 1. The summed E-state index contributed by atoms with van der Waals surface area (Å²) in [6.45, 7) is 4.00. The summed E-state index contributed by atoms with van der Waals surface area (Å²) in [6.07, 6.45) is 0. The predicted octanol–water partition coefficient (Wildman–Crippen LogP) is -6.96. The van der Waals surface area contributed by atoms with Crippen LogP contribution in [0.15, 0.2) is 28.7 Å². The van der Waals surface area contributed by atoms with Gasteiger partial charge in [-0.05, 0) is 0 Å². The average Bonchev–Trinajstić information content (AvgIpc) is 2.48. The van der Waals surface area contributed by atoms with Crippen molar-refractivity contribution in [3.05, 3.63) is 24.3 Å². The van der Waals surface area contributed by atoms with Gasteiger partial charge < -0.3 is 37.2 Å². The number of nitrogens with zero attached hydrogens (tertiary/aromatic N) is 1. The molecule has 0 spiro atoms. The SMILES string of the molecule is CC.[Cl-].[Cl-].[Cl-].[V+3][c]1nc2ccccc2o1. The Hall–Kier alpha value is 0.144. The van der Waals surface area contributed by atoms with Crippen LogP contribution >= 0.6 is 0 Å². The van der Waals surface area contributed by atoms with Crippen LogP contribution in [0.4, 0.5) is 0 Å². The molecule has 6 heteroatoms. The fourth-order valence-corrected chi connectivity index (χ4v) is 1.18. The molecule has 0 saturated heterocycles. The van der Waals surface area contributed by atoms with E-state index in [0.717, 1.165) is 11.1 Å². The molecule has 0 aliphatic rings. The van der Waals surface area contributed by atoms with E-state index in [1.54, 1.807) is 0 Å². The topological polar surface area (TPSA) is 26.0 Å². The third-order valence-corrected chi connectivity index (χ3v) is 1.58. The van der Waals surface area contributed by atoms with Gasteiger partial charge in [0.15, 0.2) is 0 Å². The van der Waals surface area contributed by atoms with Gasteiger partial charge in [0.05, 0.1) is 0 Å². The Morgan fingerprint density at radius 2 is 1.60 bits per heavy atom. The Bertz CT molecular complexity index is 334. The van der Waals surface area contributed by atoms with E-state index in [1.807, 2.05) is 38.1 Å². The molecule has 0 radical (unpaired) electrons. The molecule has 0 unspecified atom stereocenters. The minimum absolute atomic E-state index is 0. The van der Waals surface area contributed by atoms with Gasteiger partial charge in [-0.15, -0.1) is 0 Å². The molecule has 0 fully saturated rings. The zero-order valence-electron chi connectivity index (χ0n) is 8.25. The van der Waals surface area contributed by atoms with Crippen LogP contribution in [0.25, 0.3) is 11.1 Å². The van der Waals surface area contributed by atoms with Crippen molar-refractivity contribution < 1.29 is 59.1 Å². The van der Waals surface area contributed by atoms with Crippen LogP contribution in [0.2, 0.25) is 0 Å². The molecule has 0 saturated carbocycles. The Morgan fingerprint density at radius 3 is 2.13 bits per heavy atom. The minimum atomic E-state index is 0. The number of benzene rings is 1. The van der Waals surface area contributed by atoms with Gasteiger partial charge in [0.1, 0.15) is 0 Å². The molecule has 0 aliphatic heterocycles. The predicted molar refractivity (Wildman–Crippen MR) is 45.0 cm³/mol. The number of hydrogen-bond donors (Lipinski definition) is 0. The molecule has 2 rings (SSSR count). The van der Waals surface area contributed by atoms with E-state index in [1.165, 1.54) is 0 Å². The maximum absolute atomic E-state index is 5.23. The molecular weight excluding hydrogens is 295 g/mol. The van der Waals surface area contributed by atoms with Crippen molar-refractivity contribution in [2.45, 2.75) is 13.8 Å². The first-order valence-electron chi connectivity index (χ1n) is 3.91. The van der Waals surface area contributed by atoms with Crippen LogP contribution in [-0.2, 0) is 17.4 Å². The first-order valence-corrected chi connectivity index (χ1v) is 4.60. The molecule has 83 valence electrons. The number of hydrogen-bond acceptors (Lipinski definition) is 2. The van der Waals surface area contributed by atoms with Crippen LogP contribution in [0.1, 0.15) is 13.8 Å². The van der Waals surface area contributed by atoms with E-state index >= 15 is 0 Å². The van der Waals surface area contributed by atoms with E-state index in [4.69, 9.17) is 4.42 Å². The fourth-order valence-electron chi connectivity index (χ4n) is 0.860. The van der Waals surface area contributed by atoms with Gasteiger partial charge in [-0.25, -0.2) is 0 Å². The van der Waals surface area contributed by atoms with E-state index < -0.39 is 0 Å². The molecule has 0 N–H and O–H groups in total. The normalized spacial score (nSPS) is 7.47. The molecular formula is C9H10Cl3NOV. The molecule has 0 bridgehead atoms. The van der Waals surface area contributed by atoms with Gasteiger partial charge in [0.2, 0.25) is 0 Å². The average molecular weight is 305 g/mol. The Labute approximate surface area is 117 Å². The number of oxazole rings is 1. The molecule has 0 atom stereocenters. The molecule has 2 nitrogen and oxygen atoms in total. The molecule has 0 aliphatic carbocycles. The fraction of sp³-hybridized carbons (Fsp3) is 0.222. The van der Waals surface area contributed by atoms with Crippen molar-refractivity contribution in [2.24, 2.45) is 0 Å². The van der Waals surface area contributed by atoms with Gasteiger partial charge in [-0.2, -0.15) is 0 Å². The molecule has 15 heavy (non-hydrogen) atoms. The van der Waals surface area contributed by atoms with Gasteiger partial charge in [0.25, 0.3) is 0 Å². The van der Waals surface area contributed by atoms with Crippen LogP contribution in [0, 0.1) is 0 Å². The summed E-state index contributed by atoms with van der Waals surface area (Å²) in [7, 11) is 0. The van der Waals surface area contributed by atoms with Gasteiger partial charge in [0, 0.05) is 0 Å². The van der Waals surface area contributed by atoms with Crippen LogP contribution in [0.5, 0.6) is 0 Å². The summed E-state index contributed by atoms with van der Waals surface area (Å²) in [5, 5.41) is 0. The van der Waals surface area contributed by atoms with Crippen molar-refractivity contribution in [1.29, 1.82) is 0 Å². The third-order valence-electron chi connectivity index (χ3n) is 1.28. The number of para-hydroxylation sites is 2. The molecule has 0 amide bonds.